The van der Waals surface area contributed by atoms with Gasteiger partial charge in [-0.2, -0.15) is 11.8 Å². The van der Waals surface area contributed by atoms with E-state index in [0.717, 1.165) is 5.92 Å². The van der Waals surface area contributed by atoms with Crippen molar-refractivity contribution in [2.45, 2.75) is 37.8 Å². The first-order valence-corrected chi connectivity index (χ1v) is 7.22. The van der Waals surface area contributed by atoms with Gasteiger partial charge in [0.2, 0.25) is 0 Å². The summed E-state index contributed by atoms with van der Waals surface area (Å²) in [5.41, 5.74) is 3.09. The number of likely N-dealkylation sites (N-methyl/N-ethyl adjacent to an activating group) is 1. The van der Waals surface area contributed by atoms with Gasteiger partial charge in [-0.25, -0.2) is 0 Å². The fourth-order valence-corrected chi connectivity index (χ4v) is 4.25. The van der Waals surface area contributed by atoms with Gasteiger partial charge in [-0.15, -0.1) is 0 Å². The number of rotatable bonds is 3. The highest BCUT2D eigenvalue weighted by Gasteiger charge is 2.34. The first kappa shape index (κ1) is 11.7. The Bertz CT molecular complexity index is 194. The van der Waals surface area contributed by atoms with Crippen LogP contribution in [0.25, 0.3) is 0 Å². The van der Waals surface area contributed by atoms with Crippen molar-refractivity contribution in [3.8, 4) is 0 Å². The molecule has 2 unspecified atom stereocenters. The Morgan fingerprint density at radius 2 is 2.13 bits per heavy atom. The molecule has 0 spiro atoms. The van der Waals surface area contributed by atoms with Crippen molar-refractivity contribution >= 4 is 11.8 Å². The summed E-state index contributed by atoms with van der Waals surface area (Å²) in [6.45, 7) is 1.21. The van der Waals surface area contributed by atoms with Gasteiger partial charge in [0.05, 0.1) is 0 Å². The van der Waals surface area contributed by atoms with Crippen LogP contribution in [0.15, 0.2) is 0 Å². The van der Waals surface area contributed by atoms with Crippen LogP contribution >= 0.6 is 11.8 Å². The lowest BCUT2D eigenvalue weighted by Crippen LogP contribution is -2.57. The lowest BCUT2D eigenvalue weighted by molar-refractivity contribution is 0.175. The van der Waals surface area contributed by atoms with Crippen LogP contribution < -0.4 is 11.3 Å². The molecule has 1 heterocycles. The van der Waals surface area contributed by atoms with Crippen LogP contribution in [0.2, 0.25) is 0 Å². The molecule has 3 nitrogen and oxygen atoms in total. The molecule has 0 aromatic rings. The Labute approximate surface area is 97.1 Å². The van der Waals surface area contributed by atoms with Crippen LogP contribution in [0.3, 0.4) is 0 Å². The second kappa shape index (κ2) is 5.53. The van der Waals surface area contributed by atoms with Gasteiger partial charge in [0, 0.05) is 30.1 Å². The van der Waals surface area contributed by atoms with Crippen molar-refractivity contribution in [3.05, 3.63) is 0 Å². The van der Waals surface area contributed by atoms with Crippen molar-refractivity contribution in [1.82, 2.24) is 10.3 Å². The lowest BCUT2D eigenvalue weighted by atomic mass is 9.92. The van der Waals surface area contributed by atoms with E-state index in [0.29, 0.717) is 12.1 Å². The van der Waals surface area contributed by atoms with E-state index in [9.17, 15) is 0 Å². The monoisotopic (exact) mass is 229 g/mol. The number of thioether (sulfide) groups is 1. The van der Waals surface area contributed by atoms with E-state index < -0.39 is 0 Å². The SMILES string of the molecule is CN1CCSCC1C(NN)C1CCCC1. The molecule has 0 aromatic carbocycles. The molecule has 3 N–H and O–H groups in total. The van der Waals surface area contributed by atoms with Crippen LogP contribution in [0, 0.1) is 5.92 Å². The van der Waals surface area contributed by atoms with Crippen molar-refractivity contribution < 1.29 is 0 Å². The maximum absolute atomic E-state index is 5.76. The van der Waals surface area contributed by atoms with Crippen LogP contribution in [-0.2, 0) is 0 Å². The normalized spacial score (nSPS) is 32.0. The smallest absolute Gasteiger partial charge is 0.0402 e. The number of hydrogen-bond donors (Lipinski definition) is 2. The average Bonchev–Trinajstić information content (AvgIpc) is 2.75. The fourth-order valence-electron chi connectivity index (χ4n) is 2.96. The highest BCUT2D eigenvalue weighted by atomic mass is 32.2. The summed E-state index contributed by atoms with van der Waals surface area (Å²) in [4.78, 5) is 2.49. The minimum Gasteiger partial charge on any atom is -0.300 e. The quantitative estimate of drug-likeness (QED) is 0.561. The van der Waals surface area contributed by atoms with Gasteiger partial charge in [0.15, 0.2) is 0 Å². The topological polar surface area (TPSA) is 41.3 Å². The number of hydrazine groups is 1. The Kier molecular flexibility index (Phi) is 4.31. The van der Waals surface area contributed by atoms with Crippen molar-refractivity contribution in [2.75, 3.05) is 25.1 Å². The van der Waals surface area contributed by atoms with Crippen molar-refractivity contribution in [2.24, 2.45) is 11.8 Å². The summed E-state index contributed by atoms with van der Waals surface area (Å²) >= 11 is 2.07. The second-order valence-electron chi connectivity index (χ2n) is 4.86. The molecule has 0 bridgehead atoms. The predicted octanol–water partition coefficient (Wildman–Crippen LogP) is 1.06. The molecule has 0 radical (unpaired) electrons. The van der Waals surface area contributed by atoms with E-state index >= 15 is 0 Å². The van der Waals surface area contributed by atoms with Crippen molar-refractivity contribution in [3.63, 3.8) is 0 Å². The second-order valence-corrected chi connectivity index (χ2v) is 6.01. The van der Waals surface area contributed by atoms with Crippen molar-refractivity contribution in [1.29, 1.82) is 0 Å². The number of nitrogens with one attached hydrogen (secondary N) is 1. The Morgan fingerprint density at radius 3 is 2.73 bits per heavy atom. The highest BCUT2D eigenvalue weighted by molar-refractivity contribution is 7.99. The summed E-state index contributed by atoms with van der Waals surface area (Å²) in [7, 11) is 2.24. The molecule has 2 aliphatic rings. The highest BCUT2D eigenvalue weighted by Crippen LogP contribution is 2.31. The largest absolute Gasteiger partial charge is 0.300 e. The number of nitrogens with zero attached hydrogens (tertiary/aromatic N) is 1. The third-order valence-electron chi connectivity index (χ3n) is 3.96. The van der Waals surface area contributed by atoms with E-state index in [1.165, 1.54) is 43.7 Å². The maximum atomic E-state index is 5.76. The van der Waals surface area contributed by atoms with Gasteiger partial charge in [0.25, 0.3) is 0 Å². The van der Waals surface area contributed by atoms with E-state index in [4.69, 9.17) is 5.84 Å². The van der Waals surface area contributed by atoms with Crippen LogP contribution in [0.4, 0.5) is 0 Å². The Balaban J connectivity index is 1.97. The third-order valence-corrected chi connectivity index (χ3v) is 5.01. The summed E-state index contributed by atoms with van der Waals surface area (Å²) in [6.07, 6.45) is 5.52. The maximum Gasteiger partial charge on any atom is 0.0402 e. The van der Waals surface area contributed by atoms with E-state index in [1.807, 2.05) is 0 Å². The average molecular weight is 229 g/mol. The predicted molar refractivity (Wildman–Crippen MR) is 66.8 cm³/mol. The molecule has 88 valence electrons. The molecular weight excluding hydrogens is 206 g/mol. The molecule has 0 amide bonds. The summed E-state index contributed by atoms with van der Waals surface area (Å²) in [5, 5.41) is 0. The molecule has 1 aliphatic heterocycles. The van der Waals surface area contributed by atoms with Gasteiger partial charge in [-0.1, -0.05) is 12.8 Å². The Hall–Kier alpha value is 0.230. The molecule has 2 fully saturated rings. The molecular formula is C11H23N3S. The summed E-state index contributed by atoms with van der Waals surface area (Å²) in [5.74, 6) is 9.08. The minimum atomic E-state index is 0.505. The van der Waals surface area contributed by atoms with Gasteiger partial charge in [-0.3, -0.25) is 11.3 Å². The van der Waals surface area contributed by atoms with Gasteiger partial charge >= 0.3 is 0 Å². The molecule has 0 aromatic heterocycles. The third kappa shape index (κ3) is 2.67. The molecule has 1 saturated carbocycles. The standard InChI is InChI=1S/C11H23N3S/c1-14-6-7-15-8-10(14)11(13-12)9-4-2-3-5-9/h9-11,13H,2-8,12H2,1H3. The van der Waals surface area contributed by atoms with Crippen LogP contribution in [0.5, 0.6) is 0 Å². The molecule has 2 rings (SSSR count). The number of nitrogens with two attached hydrogens (primary N) is 1. The van der Waals surface area contributed by atoms with E-state index in [1.54, 1.807) is 0 Å². The zero-order valence-corrected chi connectivity index (χ0v) is 10.4. The zero-order chi connectivity index (χ0) is 10.7. The molecule has 4 heteroatoms. The van der Waals surface area contributed by atoms with E-state index in [2.05, 4.69) is 29.1 Å². The van der Waals surface area contributed by atoms with Crippen LogP contribution in [-0.4, -0.2) is 42.1 Å². The zero-order valence-electron chi connectivity index (χ0n) is 9.61. The molecule has 2 atom stereocenters. The molecule has 1 saturated heterocycles. The number of hydrogen-bond acceptors (Lipinski definition) is 4. The van der Waals surface area contributed by atoms with Gasteiger partial charge in [0.1, 0.15) is 0 Å². The summed E-state index contributed by atoms with van der Waals surface area (Å²) < 4.78 is 0. The van der Waals surface area contributed by atoms with Gasteiger partial charge in [-0.05, 0) is 25.8 Å². The first-order valence-electron chi connectivity index (χ1n) is 6.07. The molecule has 15 heavy (non-hydrogen) atoms. The van der Waals surface area contributed by atoms with Gasteiger partial charge < -0.3 is 4.90 Å². The fraction of sp³-hybridized carbons (Fsp3) is 1.00. The lowest BCUT2D eigenvalue weighted by Gasteiger charge is -2.40. The minimum absolute atomic E-state index is 0.505. The summed E-state index contributed by atoms with van der Waals surface area (Å²) in [6, 6.07) is 1.14. The molecule has 1 aliphatic carbocycles. The van der Waals surface area contributed by atoms with Crippen LogP contribution in [0.1, 0.15) is 25.7 Å². The first-order chi connectivity index (χ1) is 7.33. The Morgan fingerprint density at radius 1 is 1.40 bits per heavy atom. The van der Waals surface area contributed by atoms with E-state index in [-0.39, 0.29) is 0 Å².